The Labute approximate surface area is 70.3 Å². The lowest BCUT2D eigenvalue weighted by Gasteiger charge is -2.13. The van der Waals surface area contributed by atoms with Gasteiger partial charge >= 0.3 is 0 Å². The summed E-state index contributed by atoms with van der Waals surface area (Å²) in [6.45, 7) is 12.2. The Balaban J connectivity index is 4.22. The molecule has 0 amide bonds. The number of rotatable bonds is 3. The zero-order chi connectivity index (χ0) is 8.91. The van der Waals surface area contributed by atoms with Gasteiger partial charge in [0.05, 0.1) is 0 Å². The van der Waals surface area contributed by atoms with Crippen LogP contribution in [-0.4, -0.2) is 0 Å². The van der Waals surface area contributed by atoms with Gasteiger partial charge in [0.25, 0.3) is 0 Å². The molecular formula is C11H18. The third-order valence-electron chi connectivity index (χ3n) is 1.39. The van der Waals surface area contributed by atoms with Crippen LogP contribution in [0.2, 0.25) is 0 Å². The first-order valence-corrected chi connectivity index (χ1v) is 3.96. The van der Waals surface area contributed by atoms with Gasteiger partial charge in [-0.05, 0) is 13.8 Å². The van der Waals surface area contributed by atoms with E-state index in [1.807, 2.05) is 13.8 Å². The summed E-state index contributed by atoms with van der Waals surface area (Å²) >= 11 is 0. The Morgan fingerprint density at radius 3 is 2.18 bits per heavy atom. The van der Waals surface area contributed by atoms with Gasteiger partial charge in [0.2, 0.25) is 0 Å². The molecule has 0 nitrogen and oxygen atoms in total. The van der Waals surface area contributed by atoms with E-state index in [4.69, 9.17) is 0 Å². The van der Waals surface area contributed by atoms with Crippen molar-refractivity contribution >= 4 is 0 Å². The molecular weight excluding hydrogens is 132 g/mol. The maximum Gasteiger partial charge on any atom is 0.000751 e. The van der Waals surface area contributed by atoms with Crippen LogP contribution in [0.5, 0.6) is 0 Å². The summed E-state index contributed by atoms with van der Waals surface area (Å²) in [7, 11) is 0. The normalized spacial score (nSPS) is 13.1. The first-order valence-electron chi connectivity index (χ1n) is 3.96. The molecule has 0 aliphatic heterocycles. The average Bonchev–Trinajstić information content (AvgIpc) is 1.84. The number of hydrogen-bond acceptors (Lipinski definition) is 0. The van der Waals surface area contributed by atoms with Crippen molar-refractivity contribution in [1.29, 1.82) is 0 Å². The van der Waals surface area contributed by atoms with Crippen LogP contribution in [-0.2, 0) is 0 Å². The molecule has 0 N–H and O–H groups in total. The van der Waals surface area contributed by atoms with Crippen molar-refractivity contribution in [2.45, 2.75) is 27.7 Å². The summed E-state index contributed by atoms with van der Waals surface area (Å²) in [5, 5.41) is 0. The van der Waals surface area contributed by atoms with Crippen molar-refractivity contribution in [1.82, 2.24) is 0 Å². The van der Waals surface area contributed by atoms with Gasteiger partial charge in [-0.3, -0.25) is 0 Å². The highest BCUT2D eigenvalue weighted by Crippen LogP contribution is 2.19. The van der Waals surface area contributed by atoms with Crippen LogP contribution in [0.15, 0.2) is 36.5 Å². The predicted molar refractivity (Wildman–Crippen MR) is 52.5 cm³/mol. The fourth-order valence-corrected chi connectivity index (χ4v) is 0.842. The molecule has 0 heterocycles. The topological polar surface area (TPSA) is 0 Å². The Hall–Kier alpha value is -0.780. The second-order valence-corrected chi connectivity index (χ2v) is 3.50. The fraction of sp³-hybridized carbons (Fsp3) is 0.455. The van der Waals surface area contributed by atoms with Crippen molar-refractivity contribution in [3.63, 3.8) is 0 Å². The van der Waals surface area contributed by atoms with Crippen molar-refractivity contribution in [2.24, 2.45) is 5.41 Å². The highest BCUT2D eigenvalue weighted by atomic mass is 14.1. The minimum absolute atomic E-state index is 0.160. The lowest BCUT2D eigenvalue weighted by Crippen LogP contribution is -2.01. The van der Waals surface area contributed by atoms with Gasteiger partial charge in [-0.1, -0.05) is 50.3 Å². The lowest BCUT2D eigenvalue weighted by atomic mass is 9.92. The van der Waals surface area contributed by atoms with E-state index in [1.165, 1.54) is 0 Å². The summed E-state index contributed by atoms with van der Waals surface area (Å²) in [5.41, 5.74) is 1.26. The molecule has 62 valence electrons. The molecule has 0 heteroatoms. The Morgan fingerprint density at radius 2 is 1.82 bits per heavy atom. The van der Waals surface area contributed by atoms with Crippen LogP contribution >= 0.6 is 0 Å². The summed E-state index contributed by atoms with van der Waals surface area (Å²) in [4.78, 5) is 0. The smallest absolute Gasteiger partial charge is 0.000751 e. The van der Waals surface area contributed by atoms with E-state index in [9.17, 15) is 0 Å². The van der Waals surface area contributed by atoms with E-state index in [1.54, 1.807) is 0 Å². The highest BCUT2D eigenvalue weighted by molar-refractivity contribution is 5.17. The molecule has 0 atom stereocenters. The number of hydrogen-bond donors (Lipinski definition) is 0. The first kappa shape index (κ1) is 10.2. The van der Waals surface area contributed by atoms with E-state index in [-0.39, 0.29) is 5.41 Å². The average molecular weight is 150 g/mol. The van der Waals surface area contributed by atoms with Gasteiger partial charge in [0.15, 0.2) is 0 Å². The van der Waals surface area contributed by atoms with Gasteiger partial charge in [-0.25, -0.2) is 0 Å². The monoisotopic (exact) mass is 150 g/mol. The zero-order valence-electron chi connectivity index (χ0n) is 8.02. The van der Waals surface area contributed by atoms with Crippen molar-refractivity contribution in [3.8, 4) is 0 Å². The van der Waals surface area contributed by atoms with Gasteiger partial charge < -0.3 is 0 Å². The second kappa shape index (κ2) is 4.17. The zero-order valence-corrected chi connectivity index (χ0v) is 8.02. The second-order valence-electron chi connectivity index (χ2n) is 3.50. The third-order valence-corrected chi connectivity index (χ3v) is 1.39. The third kappa shape index (κ3) is 5.65. The Bertz CT molecular complexity index is 180. The minimum atomic E-state index is 0.160. The van der Waals surface area contributed by atoms with Gasteiger partial charge in [-0.15, -0.1) is 0 Å². The van der Waals surface area contributed by atoms with E-state index in [2.05, 4.69) is 44.7 Å². The standard InChI is InChI=1S/C11H18/c1-6-8-11(4,5)9-7-10(2)3/h6-9H,2H2,1,3-5H3/b8-6+,9-7+. The van der Waals surface area contributed by atoms with Crippen LogP contribution in [0, 0.1) is 5.41 Å². The van der Waals surface area contributed by atoms with Crippen LogP contribution in [0.3, 0.4) is 0 Å². The van der Waals surface area contributed by atoms with Gasteiger partial charge in [0, 0.05) is 5.41 Å². The molecule has 0 aliphatic carbocycles. The van der Waals surface area contributed by atoms with E-state index >= 15 is 0 Å². The summed E-state index contributed by atoms with van der Waals surface area (Å²) in [6.07, 6.45) is 8.46. The lowest BCUT2D eigenvalue weighted by molar-refractivity contribution is 0.624. The molecule has 11 heavy (non-hydrogen) atoms. The SMILES string of the molecule is C=C(C)/C=C/C(C)(C)/C=C/C. The van der Waals surface area contributed by atoms with Crippen LogP contribution in [0.1, 0.15) is 27.7 Å². The predicted octanol–water partition coefficient (Wildman–Crippen LogP) is 3.72. The summed E-state index contributed by atoms with van der Waals surface area (Å²) in [5.74, 6) is 0. The molecule has 0 bridgehead atoms. The van der Waals surface area contributed by atoms with E-state index in [0.29, 0.717) is 0 Å². The summed E-state index contributed by atoms with van der Waals surface area (Å²) < 4.78 is 0. The van der Waals surface area contributed by atoms with Gasteiger partial charge in [-0.2, -0.15) is 0 Å². The van der Waals surface area contributed by atoms with Crippen LogP contribution < -0.4 is 0 Å². The molecule has 0 spiro atoms. The maximum atomic E-state index is 3.81. The van der Waals surface area contributed by atoms with Crippen molar-refractivity contribution in [3.05, 3.63) is 36.5 Å². The largest absolute Gasteiger partial charge is 0.0961 e. The molecule has 0 saturated heterocycles. The van der Waals surface area contributed by atoms with Crippen LogP contribution in [0.4, 0.5) is 0 Å². The molecule has 0 radical (unpaired) electrons. The molecule has 0 aromatic rings. The number of allylic oxidation sites excluding steroid dienone is 5. The first-order chi connectivity index (χ1) is 4.98. The highest BCUT2D eigenvalue weighted by Gasteiger charge is 2.06. The van der Waals surface area contributed by atoms with E-state index < -0.39 is 0 Å². The molecule has 0 rings (SSSR count). The molecule has 0 unspecified atom stereocenters. The van der Waals surface area contributed by atoms with Gasteiger partial charge in [0.1, 0.15) is 0 Å². The Morgan fingerprint density at radius 1 is 1.27 bits per heavy atom. The molecule has 0 fully saturated rings. The quantitative estimate of drug-likeness (QED) is 0.425. The van der Waals surface area contributed by atoms with Crippen molar-refractivity contribution in [2.75, 3.05) is 0 Å². The molecule has 0 aliphatic rings. The summed E-state index contributed by atoms with van der Waals surface area (Å²) in [6, 6.07) is 0. The molecule has 0 aromatic carbocycles. The van der Waals surface area contributed by atoms with Crippen LogP contribution in [0.25, 0.3) is 0 Å². The fourth-order valence-electron chi connectivity index (χ4n) is 0.842. The minimum Gasteiger partial charge on any atom is -0.0961 e. The molecule has 0 saturated carbocycles. The maximum absolute atomic E-state index is 3.81. The molecule has 0 aromatic heterocycles. The Kier molecular flexibility index (Phi) is 3.88. The van der Waals surface area contributed by atoms with E-state index in [0.717, 1.165) is 5.57 Å². The van der Waals surface area contributed by atoms with Crippen molar-refractivity contribution < 1.29 is 0 Å².